The summed E-state index contributed by atoms with van der Waals surface area (Å²) < 4.78 is 2.62. The minimum Gasteiger partial charge on any atom is -0.392 e. The van der Waals surface area contributed by atoms with Gasteiger partial charge in [0.25, 0.3) is 0 Å². The lowest BCUT2D eigenvalue weighted by atomic mass is 10.2. The molecular weight excluding hydrogens is 258 g/mol. The van der Waals surface area contributed by atoms with E-state index in [0.717, 1.165) is 21.4 Å². The number of hydrogen-bond acceptors (Lipinski definition) is 3. The van der Waals surface area contributed by atoms with Crippen molar-refractivity contribution in [2.75, 3.05) is 0 Å². The lowest BCUT2D eigenvalue weighted by Crippen LogP contribution is -2.02. The largest absolute Gasteiger partial charge is 0.392 e. The molecule has 0 saturated carbocycles. The van der Waals surface area contributed by atoms with Gasteiger partial charge >= 0.3 is 0 Å². The molecule has 0 aliphatic rings. The van der Waals surface area contributed by atoms with Gasteiger partial charge in [-0.1, -0.05) is 0 Å². The van der Waals surface area contributed by atoms with Gasteiger partial charge in [0.1, 0.15) is 0 Å². The zero-order valence-electron chi connectivity index (χ0n) is 8.18. The molecular formula is C10H10BrN3O. The summed E-state index contributed by atoms with van der Waals surface area (Å²) in [7, 11) is 0. The van der Waals surface area contributed by atoms with Crippen LogP contribution in [-0.4, -0.2) is 19.9 Å². The Hall–Kier alpha value is -1.20. The van der Waals surface area contributed by atoms with Gasteiger partial charge in [0.05, 0.1) is 23.0 Å². The second kappa shape index (κ2) is 4.12. The lowest BCUT2D eigenvalue weighted by molar-refractivity contribution is 0.281. The summed E-state index contributed by atoms with van der Waals surface area (Å²) in [5.74, 6) is 0. The molecule has 0 bridgehead atoms. The molecule has 0 aliphatic carbocycles. The van der Waals surface area contributed by atoms with Crippen molar-refractivity contribution in [2.24, 2.45) is 0 Å². The van der Waals surface area contributed by atoms with E-state index in [1.165, 1.54) is 0 Å². The highest BCUT2D eigenvalue weighted by Crippen LogP contribution is 2.17. The van der Waals surface area contributed by atoms with Crippen molar-refractivity contribution >= 4 is 15.9 Å². The molecule has 0 unspecified atom stereocenters. The summed E-state index contributed by atoms with van der Waals surface area (Å²) in [6, 6.07) is 1.89. The van der Waals surface area contributed by atoms with Crippen molar-refractivity contribution in [1.29, 1.82) is 0 Å². The van der Waals surface area contributed by atoms with Gasteiger partial charge in [-0.2, -0.15) is 5.10 Å². The molecule has 0 spiro atoms. The van der Waals surface area contributed by atoms with Gasteiger partial charge < -0.3 is 5.11 Å². The second-order valence-corrected chi connectivity index (χ2v) is 4.13. The van der Waals surface area contributed by atoms with E-state index in [4.69, 9.17) is 0 Å². The minimum atomic E-state index is -0.0416. The van der Waals surface area contributed by atoms with Crippen molar-refractivity contribution in [3.05, 3.63) is 40.4 Å². The van der Waals surface area contributed by atoms with E-state index in [0.29, 0.717) is 0 Å². The molecule has 0 amide bonds. The molecule has 0 atom stereocenters. The van der Waals surface area contributed by atoms with E-state index in [2.05, 4.69) is 26.0 Å². The first-order chi connectivity index (χ1) is 7.20. The number of rotatable bonds is 2. The first-order valence-electron chi connectivity index (χ1n) is 4.47. The summed E-state index contributed by atoms with van der Waals surface area (Å²) >= 11 is 3.33. The van der Waals surface area contributed by atoms with Crippen LogP contribution in [0.3, 0.4) is 0 Å². The van der Waals surface area contributed by atoms with Gasteiger partial charge in [-0.15, -0.1) is 0 Å². The monoisotopic (exact) mass is 267 g/mol. The van der Waals surface area contributed by atoms with Crippen LogP contribution >= 0.6 is 15.9 Å². The highest BCUT2D eigenvalue weighted by atomic mass is 79.9. The summed E-state index contributed by atoms with van der Waals surface area (Å²) in [6.07, 6.45) is 5.21. The Morgan fingerprint density at radius 2 is 2.27 bits per heavy atom. The van der Waals surface area contributed by atoms with E-state index >= 15 is 0 Å². The van der Waals surface area contributed by atoms with Gasteiger partial charge in [0.2, 0.25) is 0 Å². The van der Waals surface area contributed by atoms with Crippen LogP contribution in [0.1, 0.15) is 11.3 Å². The van der Waals surface area contributed by atoms with Crippen LogP contribution in [-0.2, 0) is 6.61 Å². The second-order valence-electron chi connectivity index (χ2n) is 3.22. The Kier molecular flexibility index (Phi) is 2.83. The highest BCUT2D eigenvalue weighted by molar-refractivity contribution is 9.10. The summed E-state index contributed by atoms with van der Waals surface area (Å²) in [5, 5.41) is 13.4. The zero-order valence-corrected chi connectivity index (χ0v) is 9.77. The van der Waals surface area contributed by atoms with Gasteiger partial charge in [-0.3, -0.25) is 4.98 Å². The molecule has 2 heterocycles. The first-order valence-corrected chi connectivity index (χ1v) is 5.27. The third-order valence-corrected chi connectivity index (χ3v) is 2.48. The number of pyridine rings is 1. The van der Waals surface area contributed by atoms with Crippen LogP contribution < -0.4 is 0 Å². The summed E-state index contributed by atoms with van der Waals surface area (Å²) in [5.41, 5.74) is 2.51. The quantitative estimate of drug-likeness (QED) is 0.904. The van der Waals surface area contributed by atoms with E-state index < -0.39 is 0 Å². The molecule has 2 aromatic rings. The van der Waals surface area contributed by atoms with Crippen LogP contribution in [0, 0.1) is 6.92 Å². The van der Waals surface area contributed by atoms with Crippen LogP contribution in [0.4, 0.5) is 0 Å². The molecule has 15 heavy (non-hydrogen) atoms. The maximum absolute atomic E-state index is 9.18. The number of aliphatic hydroxyl groups excluding tert-OH is 1. The average molecular weight is 268 g/mol. The number of nitrogens with zero attached hydrogens (tertiary/aromatic N) is 3. The van der Waals surface area contributed by atoms with E-state index in [-0.39, 0.29) is 6.61 Å². The summed E-state index contributed by atoms with van der Waals surface area (Å²) in [6.45, 7) is 1.86. The molecule has 1 N–H and O–H groups in total. The normalized spacial score (nSPS) is 10.6. The van der Waals surface area contributed by atoms with Gasteiger partial charge in [-0.25, -0.2) is 4.68 Å². The first kappa shape index (κ1) is 10.3. The molecule has 4 nitrogen and oxygen atoms in total. The molecule has 78 valence electrons. The molecule has 0 saturated heterocycles. The standard InChI is InChI=1S/C10H10BrN3O/c1-7-2-10(8(6-15)3-12-7)14-5-9(11)4-13-14/h2-5,15H,6H2,1H3. The van der Waals surface area contributed by atoms with Gasteiger partial charge in [-0.05, 0) is 28.9 Å². The van der Waals surface area contributed by atoms with Crippen LogP contribution in [0.5, 0.6) is 0 Å². The van der Waals surface area contributed by atoms with Crippen molar-refractivity contribution in [1.82, 2.24) is 14.8 Å². The number of aryl methyl sites for hydroxylation is 1. The Bertz CT molecular complexity index is 481. The Labute approximate surface area is 95.7 Å². The SMILES string of the molecule is Cc1cc(-n2cc(Br)cn2)c(CO)cn1. The van der Waals surface area contributed by atoms with Crippen molar-refractivity contribution in [3.63, 3.8) is 0 Å². The Morgan fingerprint density at radius 3 is 2.87 bits per heavy atom. The number of aromatic nitrogens is 3. The molecule has 2 aromatic heterocycles. The van der Waals surface area contributed by atoms with Crippen molar-refractivity contribution in [3.8, 4) is 5.69 Å². The number of halogens is 1. The van der Waals surface area contributed by atoms with E-state index in [1.807, 2.05) is 19.2 Å². The van der Waals surface area contributed by atoms with Crippen LogP contribution in [0.15, 0.2) is 29.1 Å². The molecule has 2 rings (SSSR count). The van der Waals surface area contributed by atoms with Crippen molar-refractivity contribution in [2.45, 2.75) is 13.5 Å². The molecule has 5 heteroatoms. The topological polar surface area (TPSA) is 50.9 Å². The van der Waals surface area contributed by atoms with E-state index in [9.17, 15) is 5.11 Å². The van der Waals surface area contributed by atoms with Gasteiger partial charge in [0.15, 0.2) is 0 Å². The maximum Gasteiger partial charge on any atom is 0.0734 e. The van der Waals surface area contributed by atoms with E-state index in [1.54, 1.807) is 17.1 Å². The third kappa shape index (κ3) is 2.08. The fourth-order valence-corrected chi connectivity index (χ4v) is 1.63. The predicted molar refractivity (Wildman–Crippen MR) is 59.7 cm³/mol. The van der Waals surface area contributed by atoms with Crippen molar-refractivity contribution < 1.29 is 5.11 Å². The van der Waals surface area contributed by atoms with Crippen LogP contribution in [0.25, 0.3) is 5.69 Å². The molecule has 0 aromatic carbocycles. The van der Waals surface area contributed by atoms with Gasteiger partial charge in [0, 0.05) is 23.7 Å². The number of aliphatic hydroxyl groups is 1. The average Bonchev–Trinajstić information content (AvgIpc) is 2.65. The minimum absolute atomic E-state index is 0.0416. The fraction of sp³-hybridized carbons (Fsp3) is 0.200. The molecule has 0 radical (unpaired) electrons. The Morgan fingerprint density at radius 1 is 1.47 bits per heavy atom. The smallest absolute Gasteiger partial charge is 0.0734 e. The maximum atomic E-state index is 9.18. The van der Waals surface area contributed by atoms with Crippen LogP contribution in [0.2, 0.25) is 0 Å². The lowest BCUT2D eigenvalue weighted by Gasteiger charge is -2.07. The Balaban J connectivity index is 2.55. The predicted octanol–water partition coefficient (Wildman–Crippen LogP) is 1.83. The summed E-state index contributed by atoms with van der Waals surface area (Å²) in [4.78, 5) is 4.13. The fourth-order valence-electron chi connectivity index (χ4n) is 1.34. The highest BCUT2D eigenvalue weighted by Gasteiger charge is 2.06. The zero-order chi connectivity index (χ0) is 10.8. The number of hydrogen-bond donors (Lipinski definition) is 1. The molecule has 0 aliphatic heterocycles. The molecule has 0 fully saturated rings. The third-order valence-electron chi connectivity index (χ3n) is 2.07.